The zero-order valence-electron chi connectivity index (χ0n) is 17.7. The molecular weight excluding hydrogens is 530 g/mol. The van der Waals surface area contributed by atoms with Gasteiger partial charge in [0.1, 0.15) is 18.0 Å². The molecule has 0 aromatic carbocycles. The summed E-state index contributed by atoms with van der Waals surface area (Å²) >= 11 is 0. The van der Waals surface area contributed by atoms with Crippen LogP contribution in [-0.4, -0.2) is 60.7 Å². The Kier molecular flexibility index (Phi) is 8.65. The lowest BCUT2D eigenvalue weighted by Crippen LogP contribution is -2.46. The van der Waals surface area contributed by atoms with E-state index in [4.69, 9.17) is 25.0 Å². The Morgan fingerprint density at radius 3 is 2.38 bits per heavy atom. The number of phosphoric acid groups is 3. The van der Waals surface area contributed by atoms with Crippen LogP contribution >= 0.6 is 23.5 Å². The molecule has 3 unspecified atom stereocenters. The summed E-state index contributed by atoms with van der Waals surface area (Å²) in [6, 6.07) is 1.26. The zero-order valence-corrected chi connectivity index (χ0v) is 20.4. The molecule has 2 heterocycles. The van der Waals surface area contributed by atoms with E-state index in [0.717, 1.165) is 11.7 Å². The predicted molar refractivity (Wildman–Crippen MR) is 109 cm³/mol. The zero-order chi connectivity index (χ0) is 26.1. The number of hydrogen-bond acceptors (Lipinski definition) is 11. The number of nitrogens with zero attached hydrogens (tertiary/aromatic N) is 2. The molecule has 0 amide bonds. The Morgan fingerprint density at radius 1 is 1.26 bits per heavy atom. The molecule has 1 aliphatic heterocycles. The molecule has 0 spiro atoms. The fourth-order valence-corrected chi connectivity index (χ4v) is 6.19. The van der Waals surface area contributed by atoms with Crippen molar-refractivity contribution in [1.82, 2.24) is 9.55 Å². The van der Waals surface area contributed by atoms with Crippen LogP contribution in [0.1, 0.15) is 18.8 Å². The van der Waals surface area contributed by atoms with Gasteiger partial charge in [0, 0.05) is 12.8 Å². The number of nitrogens with two attached hydrogens (primary N) is 1. The molecule has 0 saturated carbocycles. The Hall–Kier alpha value is -1.50. The van der Waals surface area contributed by atoms with Crippen LogP contribution in [-0.2, 0) is 36.3 Å². The molecule has 1 aromatic heterocycles. The molecule has 16 nitrogen and oxygen atoms in total. The Morgan fingerprint density at radius 2 is 1.88 bits per heavy atom. The molecule has 6 N–H and O–H groups in total. The monoisotopic (exact) mass is 551 g/mol. The van der Waals surface area contributed by atoms with Gasteiger partial charge in [-0.25, -0.2) is 22.9 Å². The molecular formula is C14H21FN3O13P3. The summed E-state index contributed by atoms with van der Waals surface area (Å²) in [5.41, 5.74) is 1.93. The van der Waals surface area contributed by atoms with E-state index in [-0.39, 0.29) is 11.5 Å². The van der Waals surface area contributed by atoms with Crippen LogP contribution in [0.4, 0.5) is 10.2 Å². The summed E-state index contributed by atoms with van der Waals surface area (Å²) < 4.78 is 73.3. The summed E-state index contributed by atoms with van der Waals surface area (Å²) in [6.07, 6.45) is -4.99. The van der Waals surface area contributed by atoms with E-state index in [9.17, 15) is 28.3 Å². The van der Waals surface area contributed by atoms with Gasteiger partial charge in [0.15, 0.2) is 6.23 Å². The van der Waals surface area contributed by atoms with Gasteiger partial charge in [-0.05, 0) is 19.9 Å². The molecule has 192 valence electrons. The van der Waals surface area contributed by atoms with Gasteiger partial charge in [-0.15, -0.1) is 5.92 Å². The van der Waals surface area contributed by atoms with Crippen LogP contribution in [0.15, 0.2) is 10.9 Å². The van der Waals surface area contributed by atoms with Crippen LogP contribution in [0.3, 0.4) is 0 Å². The quantitative estimate of drug-likeness (QED) is 0.202. The van der Waals surface area contributed by atoms with Gasteiger partial charge in [0.2, 0.25) is 5.67 Å². The van der Waals surface area contributed by atoms with Crippen molar-refractivity contribution in [2.75, 3.05) is 19.5 Å². The normalized spacial score (nSPS) is 28.5. The topological polar surface area (TPSA) is 239 Å². The number of hydrogen-bond donors (Lipinski definition) is 5. The van der Waals surface area contributed by atoms with Gasteiger partial charge in [-0.1, -0.05) is 5.92 Å². The van der Waals surface area contributed by atoms with E-state index in [1.54, 1.807) is 0 Å². The number of aromatic nitrogens is 2. The molecule has 6 atom stereocenters. The molecule has 2 rings (SSSR count). The summed E-state index contributed by atoms with van der Waals surface area (Å²) in [5, 5.41) is 0. The second-order valence-electron chi connectivity index (χ2n) is 6.69. The van der Waals surface area contributed by atoms with Crippen molar-refractivity contribution in [3.8, 4) is 11.8 Å². The Balaban J connectivity index is 2.34. The molecule has 20 heteroatoms. The number of alkyl halides is 1. The molecule has 0 radical (unpaired) electrons. The standard InChI is InChI=1S/C14H21FN3O13P3/c1-4-5-14(15)11(27-3)9(29-12(14)18-8(2)6-10(16)17-13(18)19)7-28-33(23,24)31-34(25,26)30-32(20,21)22/h6,9,11-12H,7H2,1-3H3,(H,23,24)(H,25,26)(H2,16,17,19)(H2,20,21,22)/t9-,11+,12-,14?/m1/s1. The van der Waals surface area contributed by atoms with Crippen LogP contribution < -0.4 is 11.4 Å². The fourth-order valence-electron chi connectivity index (χ4n) is 3.16. The van der Waals surface area contributed by atoms with Crippen molar-refractivity contribution in [2.45, 2.75) is 38.0 Å². The van der Waals surface area contributed by atoms with E-state index in [1.807, 2.05) is 0 Å². The number of methoxy groups -OCH3 is 1. The highest BCUT2D eigenvalue weighted by Crippen LogP contribution is 2.66. The van der Waals surface area contributed by atoms with Crippen molar-refractivity contribution in [3.63, 3.8) is 0 Å². The number of anilines is 1. The minimum absolute atomic E-state index is 0.130. The van der Waals surface area contributed by atoms with E-state index in [0.29, 0.717) is 0 Å². The second-order valence-corrected chi connectivity index (χ2v) is 11.1. The maximum atomic E-state index is 16.1. The SMILES string of the molecule is CC#CC1(F)[C@@H](OC)[C@@H](COP(=O)(O)OP(=O)(O)OP(=O)(O)O)O[C@H]1n1c(C)cc(N)nc1=O. The minimum Gasteiger partial charge on any atom is -0.383 e. The third-order valence-electron chi connectivity index (χ3n) is 4.21. The van der Waals surface area contributed by atoms with Crippen LogP contribution in [0, 0.1) is 18.8 Å². The van der Waals surface area contributed by atoms with Gasteiger partial charge in [-0.3, -0.25) is 9.09 Å². The Labute approximate surface area is 191 Å². The molecule has 1 aliphatic rings. The highest BCUT2D eigenvalue weighted by atomic mass is 31.3. The number of halogens is 1. The van der Waals surface area contributed by atoms with Crippen molar-refractivity contribution in [3.05, 3.63) is 22.2 Å². The maximum absolute atomic E-state index is 16.1. The first-order chi connectivity index (χ1) is 15.4. The lowest BCUT2D eigenvalue weighted by atomic mass is 9.96. The number of ether oxygens (including phenoxy) is 2. The van der Waals surface area contributed by atoms with E-state index < -0.39 is 59.9 Å². The second kappa shape index (κ2) is 10.2. The minimum atomic E-state index is -5.77. The third kappa shape index (κ3) is 6.79. The third-order valence-corrected chi connectivity index (χ3v) is 8.01. The summed E-state index contributed by atoms with van der Waals surface area (Å²) in [4.78, 5) is 51.9. The molecule has 1 fully saturated rings. The van der Waals surface area contributed by atoms with Gasteiger partial charge in [0.05, 0.1) is 6.61 Å². The maximum Gasteiger partial charge on any atom is 0.490 e. The molecule has 0 bridgehead atoms. The van der Waals surface area contributed by atoms with Crippen LogP contribution in [0.25, 0.3) is 0 Å². The lowest BCUT2D eigenvalue weighted by Gasteiger charge is -2.27. The predicted octanol–water partition coefficient (Wildman–Crippen LogP) is 0.121. The van der Waals surface area contributed by atoms with Crippen LogP contribution in [0.5, 0.6) is 0 Å². The first-order valence-corrected chi connectivity index (χ1v) is 13.4. The first kappa shape index (κ1) is 28.7. The molecule has 34 heavy (non-hydrogen) atoms. The summed E-state index contributed by atoms with van der Waals surface area (Å²) in [5.74, 6) is 4.43. The average Bonchev–Trinajstić information content (AvgIpc) is 2.88. The van der Waals surface area contributed by atoms with Gasteiger partial charge >= 0.3 is 29.2 Å². The summed E-state index contributed by atoms with van der Waals surface area (Å²) in [7, 11) is -15.8. The molecule has 0 aliphatic carbocycles. The van der Waals surface area contributed by atoms with E-state index in [1.165, 1.54) is 19.9 Å². The largest absolute Gasteiger partial charge is 0.490 e. The van der Waals surface area contributed by atoms with Crippen molar-refractivity contribution in [2.24, 2.45) is 0 Å². The lowest BCUT2D eigenvalue weighted by molar-refractivity contribution is -0.0563. The van der Waals surface area contributed by atoms with Crippen molar-refractivity contribution in [1.29, 1.82) is 0 Å². The van der Waals surface area contributed by atoms with E-state index in [2.05, 4.69) is 30.0 Å². The van der Waals surface area contributed by atoms with E-state index >= 15 is 4.39 Å². The van der Waals surface area contributed by atoms with Crippen LogP contribution in [0.2, 0.25) is 0 Å². The first-order valence-electron chi connectivity index (χ1n) is 8.90. The number of phosphoric ester groups is 1. The highest BCUT2D eigenvalue weighted by Gasteiger charge is 2.59. The number of rotatable bonds is 9. The van der Waals surface area contributed by atoms with Crippen molar-refractivity contribution >= 4 is 29.3 Å². The van der Waals surface area contributed by atoms with Gasteiger partial charge < -0.3 is 34.8 Å². The fraction of sp³-hybridized carbons (Fsp3) is 0.571. The summed E-state index contributed by atoms with van der Waals surface area (Å²) in [6.45, 7) is 1.66. The number of nitrogen functional groups attached to an aromatic ring is 1. The van der Waals surface area contributed by atoms with Gasteiger partial charge in [0.25, 0.3) is 0 Å². The molecule has 1 aromatic rings. The Bertz CT molecular complexity index is 1190. The smallest absolute Gasteiger partial charge is 0.383 e. The average molecular weight is 551 g/mol. The highest BCUT2D eigenvalue weighted by molar-refractivity contribution is 7.66. The van der Waals surface area contributed by atoms with Crippen molar-refractivity contribution < 1.29 is 60.3 Å². The molecule has 1 saturated heterocycles. The van der Waals surface area contributed by atoms with Gasteiger partial charge in [-0.2, -0.15) is 13.6 Å². The number of aryl methyl sites for hydroxylation is 1.